The minimum atomic E-state index is -0.331. The normalized spacial score (nSPS) is 10.1. The number of nitrogens with zero attached hydrogens (tertiary/aromatic N) is 3. The van der Waals surface area contributed by atoms with E-state index in [0.29, 0.717) is 27.7 Å². The Balaban J connectivity index is 1.69. The van der Waals surface area contributed by atoms with Crippen LogP contribution >= 0.6 is 23.1 Å². The van der Waals surface area contributed by atoms with Gasteiger partial charge in [-0.05, 0) is 37.3 Å². The lowest BCUT2D eigenvalue weighted by Crippen LogP contribution is -2.14. The van der Waals surface area contributed by atoms with Crippen molar-refractivity contribution in [1.29, 1.82) is 5.26 Å². The molecule has 2 amide bonds. The standard InChI is InChI=1S/C19H15N5O2S2/c1-12-18(27-9-7-20)28-19(22-12)24-16(25)13-4-2-6-15(10-13)23-17(26)14-5-3-8-21-11-14/h2-6,8,10-11H,9H2,1H3,(H,23,26)(H,22,24,25). The molecule has 0 saturated heterocycles. The first-order chi connectivity index (χ1) is 13.6. The molecule has 0 aliphatic rings. The zero-order valence-electron chi connectivity index (χ0n) is 14.8. The molecule has 2 heterocycles. The maximum atomic E-state index is 12.5. The van der Waals surface area contributed by atoms with E-state index in [9.17, 15) is 9.59 Å². The van der Waals surface area contributed by atoms with Gasteiger partial charge < -0.3 is 5.32 Å². The molecule has 1 aromatic carbocycles. The molecule has 28 heavy (non-hydrogen) atoms. The third kappa shape index (κ3) is 4.94. The zero-order chi connectivity index (χ0) is 19.9. The van der Waals surface area contributed by atoms with Crippen LogP contribution in [0.2, 0.25) is 0 Å². The van der Waals surface area contributed by atoms with E-state index in [0.717, 1.165) is 9.90 Å². The second-order valence-corrected chi connectivity index (χ2v) is 7.81. The van der Waals surface area contributed by atoms with Crippen LogP contribution < -0.4 is 10.6 Å². The third-order valence-corrected chi connectivity index (χ3v) is 5.85. The summed E-state index contributed by atoms with van der Waals surface area (Å²) < 4.78 is 0.898. The Morgan fingerprint density at radius 2 is 1.96 bits per heavy atom. The summed E-state index contributed by atoms with van der Waals surface area (Å²) in [6.45, 7) is 1.83. The smallest absolute Gasteiger partial charge is 0.257 e. The maximum Gasteiger partial charge on any atom is 0.257 e. The van der Waals surface area contributed by atoms with E-state index >= 15 is 0 Å². The number of nitrogens with one attached hydrogen (secondary N) is 2. The fourth-order valence-corrected chi connectivity index (χ4v) is 4.07. The molecule has 0 fully saturated rings. The Morgan fingerprint density at radius 1 is 1.18 bits per heavy atom. The summed E-state index contributed by atoms with van der Waals surface area (Å²) in [7, 11) is 0. The summed E-state index contributed by atoms with van der Waals surface area (Å²) in [6.07, 6.45) is 3.06. The number of aryl methyl sites for hydroxylation is 1. The largest absolute Gasteiger partial charge is 0.322 e. The molecule has 0 atom stereocenters. The number of carbonyl (C=O) groups excluding carboxylic acids is 2. The molecule has 0 radical (unpaired) electrons. The number of thioether (sulfide) groups is 1. The minimum Gasteiger partial charge on any atom is -0.322 e. The molecule has 0 saturated carbocycles. The number of carbonyl (C=O) groups is 2. The number of hydrogen-bond acceptors (Lipinski definition) is 7. The van der Waals surface area contributed by atoms with Crippen molar-refractivity contribution in [1.82, 2.24) is 9.97 Å². The van der Waals surface area contributed by atoms with Crippen LogP contribution in [-0.2, 0) is 0 Å². The van der Waals surface area contributed by atoms with Crippen LogP contribution in [-0.4, -0.2) is 27.5 Å². The van der Waals surface area contributed by atoms with Gasteiger partial charge in [0.05, 0.1) is 27.3 Å². The number of anilines is 2. The molecule has 140 valence electrons. The number of nitriles is 1. The molecular weight excluding hydrogens is 394 g/mol. The van der Waals surface area contributed by atoms with Crippen molar-refractivity contribution in [2.45, 2.75) is 11.1 Å². The molecule has 0 unspecified atom stereocenters. The second-order valence-electron chi connectivity index (χ2n) is 5.57. The first-order valence-electron chi connectivity index (χ1n) is 8.17. The summed E-state index contributed by atoms with van der Waals surface area (Å²) in [5.74, 6) is -0.307. The van der Waals surface area contributed by atoms with Crippen LogP contribution in [0.15, 0.2) is 53.0 Å². The van der Waals surface area contributed by atoms with E-state index in [4.69, 9.17) is 5.26 Å². The SMILES string of the molecule is Cc1nc(NC(=O)c2cccc(NC(=O)c3cccnc3)c2)sc1SCC#N. The molecular formula is C19H15N5O2S2. The first-order valence-corrected chi connectivity index (χ1v) is 9.97. The quantitative estimate of drug-likeness (QED) is 0.597. The highest BCUT2D eigenvalue weighted by Gasteiger charge is 2.13. The van der Waals surface area contributed by atoms with Crippen LogP contribution in [0.4, 0.5) is 10.8 Å². The summed E-state index contributed by atoms with van der Waals surface area (Å²) in [5.41, 5.74) is 2.10. The Bertz CT molecular complexity index is 1040. The lowest BCUT2D eigenvalue weighted by atomic mass is 10.2. The van der Waals surface area contributed by atoms with Crippen molar-refractivity contribution < 1.29 is 9.59 Å². The fourth-order valence-electron chi connectivity index (χ4n) is 2.28. The third-order valence-electron chi connectivity index (χ3n) is 3.55. The number of pyridine rings is 1. The molecule has 0 aliphatic heterocycles. The van der Waals surface area contributed by atoms with Gasteiger partial charge in [-0.15, -0.1) is 0 Å². The van der Waals surface area contributed by atoms with E-state index in [1.54, 1.807) is 42.6 Å². The van der Waals surface area contributed by atoms with Gasteiger partial charge in [0.25, 0.3) is 11.8 Å². The highest BCUT2D eigenvalue weighted by molar-refractivity contribution is 8.01. The van der Waals surface area contributed by atoms with Crippen molar-refractivity contribution >= 4 is 45.7 Å². The molecule has 2 N–H and O–H groups in total. The monoisotopic (exact) mass is 409 g/mol. The predicted octanol–water partition coefficient (Wildman–Crippen LogP) is 3.97. The molecule has 3 aromatic rings. The Hall–Kier alpha value is -3.22. The van der Waals surface area contributed by atoms with Gasteiger partial charge in [-0.25, -0.2) is 4.98 Å². The van der Waals surface area contributed by atoms with Crippen molar-refractivity contribution in [3.63, 3.8) is 0 Å². The molecule has 0 bridgehead atoms. The van der Waals surface area contributed by atoms with E-state index in [2.05, 4.69) is 26.7 Å². The number of amides is 2. The lowest BCUT2D eigenvalue weighted by molar-refractivity contribution is 0.101. The van der Waals surface area contributed by atoms with Gasteiger partial charge in [-0.2, -0.15) is 5.26 Å². The van der Waals surface area contributed by atoms with Crippen molar-refractivity contribution in [2.24, 2.45) is 0 Å². The number of aromatic nitrogens is 2. The Labute approximate surface area is 169 Å². The summed E-state index contributed by atoms with van der Waals surface area (Å²) in [4.78, 5) is 33.0. The minimum absolute atomic E-state index is 0.305. The zero-order valence-corrected chi connectivity index (χ0v) is 16.4. The average Bonchev–Trinajstić information content (AvgIpc) is 3.06. The summed E-state index contributed by atoms with van der Waals surface area (Å²) >= 11 is 2.72. The number of hydrogen-bond donors (Lipinski definition) is 2. The second kappa shape index (κ2) is 9.12. The predicted molar refractivity (Wildman–Crippen MR) is 110 cm³/mol. The van der Waals surface area contributed by atoms with Crippen LogP contribution in [0.3, 0.4) is 0 Å². The Morgan fingerprint density at radius 3 is 2.71 bits per heavy atom. The van der Waals surface area contributed by atoms with Gasteiger partial charge in [0.15, 0.2) is 5.13 Å². The lowest BCUT2D eigenvalue weighted by Gasteiger charge is -2.07. The van der Waals surface area contributed by atoms with Crippen LogP contribution in [0.5, 0.6) is 0 Å². The van der Waals surface area contributed by atoms with E-state index in [-0.39, 0.29) is 11.8 Å². The van der Waals surface area contributed by atoms with Crippen LogP contribution in [0.1, 0.15) is 26.4 Å². The summed E-state index contributed by atoms with van der Waals surface area (Å²) in [5, 5.41) is 14.7. The van der Waals surface area contributed by atoms with Gasteiger partial charge >= 0.3 is 0 Å². The number of rotatable bonds is 6. The topological polar surface area (TPSA) is 108 Å². The highest BCUT2D eigenvalue weighted by Crippen LogP contribution is 2.32. The summed E-state index contributed by atoms with van der Waals surface area (Å²) in [6, 6.07) is 12.0. The van der Waals surface area contributed by atoms with Crippen molar-refractivity contribution in [3.05, 3.63) is 65.6 Å². The number of thiazole rings is 1. The van der Waals surface area contributed by atoms with Crippen LogP contribution in [0, 0.1) is 18.3 Å². The van der Waals surface area contributed by atoms with E-state index in [1.807, 2.05) is 6.92 Å². The van der Waals surface area contributed by atoms with E-state index < -0.39 is 0 Å². The van der Waals surface area contributed by atoms with Gasteiger partial charge in [0.1, 0.15) is 0 Å². The van der Waals surface area contributed by atoms with Gasteiger partial charge in [-0.3, -0.25) is 19.9 Å². The number of benzene rings is 1. The molecule has 9 heteroatoms. The van der Waals surface area contributed by atoms with Gasteiger partial charge in [0, 0.05) is 23.6 Å². The van der Waals surface area contributed by atoms with Crippen molar-refractivity contribution in [2.75, 3.05) is 16.4 Å². The molecule has 0 aliphatic carbocycles. The van der Waals surface area contributed by atoms with Gasteiger partial charge in [-0.1, -0.05) is 29.2 Å². The molecule has 2 aromatic heterocycles. The molecule has 7 nitrogen and oxygen atoms in total. The highest BCUT2D eigenvalue weighted by atomic mass is 32.2. The first kappa shape index (κ1) is 19.5. The average molecular weight is 409 g/mol. The fraction of sp³-hybridized carbons (Fsp3) is 0.105. The molecule has 0 spiro atoms. The molecule has 3 rings (SSSR count). The van der Waals surface area contributed by atoms with Crippen molar-refractivity contribution in [3.8, 4) is 6.07 Å². The van der Waals surface area contributed by atoms with E-state index in [1.165, 1.54) is 29.3 Å². The van der Waals surface area contributed by atoms with Gasteiger partial charge in [0.2, 0.25) is 0 Å². The van der Waals surface area contributed by atoms with Crippen LogP contribution in [0.25, 0.3) is 0 Å². The Kier molecular flexibility index (Phi) is 6.37. The maximum absolute atomic E-state index is 12.5.